The molecule has 15 heavy (non-hydrogen) atoms. The number of halogens is 1. The van der Waals surface area contributed by atoms with E-state index in [1.54, 1.807) is 12.1 Å². The molecule has 4 nitrogen and oxygen atoms in total. The predicted molar refractivity (Wildman–Crippen MR) is 56.9 cm³/mol. The van der Waals surface area contributed by atoms with Crippen LogP contribution >= 0.6 is 11.6 Å². The molecule has 0 heterocycles. The summed E-state index contributed by atoms with van der Waals surface area (Å²) >= 11 is 5.33. The Morgan fingerprint density at radius 1 is 1.27 bits per heavy atom. The molecular formula is C9H11ClO4S. The largest absolute Gasteiger partial charge is 0.497 e. The van der Waals surface area contributed by atoms with Crippen molar-refractivity contribution in [2.24, 2.45) is 0 Å². The molecular weight excluding hydrogens is 240 g/mol. The van der Waals surface area contributed by atoms with Gasteiger partial charge in [-0.3, -0.25) is 4.18 Å². The van der Waals surface area contributed by atoms with Gasteiger partial charge in [-0.25, -0.2) is 0 Å². The number of hydrogen-bond acceptors (Lipinski definition) is 4. The highest BCUT2D eigenvalue weighted by atomic mass is 35.5. The number of ether oxygens (including phenoxy) is 1. The van der Waals surface area contributed by atoms with E-state index in [0.717, 1.165) is 0 Å². The number of alkyl halides is 1. The minimum absolute atomic E-state index is 0.0318. The van der Waals surface area contributed by atoms with Crippen LogP contribution in [0, 0.1) is 0 Å². The van der Waals surface area contributed by atoms with Crippen molar-refractivity contribution in [3.05, 3.63) is 24.3 Å². The molecule has 1 rings (SSSR count). The van der Waals surface area contributed by atoms with Crippen LogP contribution in [-0.4, -0.2) is 28.0 Å². The number of hydrogen-bond donors (Lipinski definition) is 0. The predicted octanol–water partition coefficient (Wildman–Crippen LogP) is 1.64. The molecule has 0 aliphatic rings. The first-order chi connectivity index (χ1) is 7.10. The van der Waals surface area contributed by atoms with Gasteiger partial charge in [0.15, 0.2) is 0 Å². The summed E-state index contributed by atoms with van der Waals surface area (Å²) in [6.45, 7) is -0.0318. The van der Waals surface area contributed by atoms with Crippen molar-refractivity contribution in [3.8, 4) is 5.75 Å². The first kappa shape index (κ1) is 12.3. The smallest absolute Gasteiger partial charge is 0.297 e. The summed E-state index contributed by atoms with van der Waals surface area (Å²) in [5, 5.41) is 0. The topological polar surface area (TPSA) is 52.6 Å². The molecule has 0 atom stereocenters. The zero-order valence-corrected chi connectivity index (χ0v) is 9.72. The molecule has 1 aromatic carbocycles. The summed E-state index contributed by atoms with van der Waals surface area (Å²) in [5.74, 6) is 0.723. The Bertz CT molecular complexity index is 399. The first-order valence-corrected chi connectivity index (χ1v) is 6.14. The van der Waals surface area contributed by atoms with E-state index < -0.39 is 10.1 Å². The van der Waals surface area contributed by atoms with Gasteiger partial charge in [0.1, 0.15) is 5.75 Å². The Labute approximate surface area is 93.9 Å². The van der Waals surface area contributed by atoms with Crippen molar-refractivity contribution in [1.29, 1.82) is 0 Å². The van der Waals surface area contributed by atoms with Gasteiger partial charge in [-0.15, -0.1) is 11.6 Å². The summed E-state index contributed by atoms with van der Waals surface area (Å²) in [4.78, 5) is 0.0911. The normalized spacial score (nSPS) is 11.3. The first-order valence-electron chi connectivity index (χ1n) is 4.19. The molecule has 6 heteroatoms. The zero-order chi connectivity index (χ0) is 11.3. The van der Waals surface area contributed by atoms with E-state index in [-0.39, 0.29) is 17.4 Å². The van der Waals surface area contributed by atoms with E-state index in [9.17, 15) is 8.42 Å². The van der Waals surface area contributed by atoms with Crippen LogP contribution in [0.4, 0.5) is 0 Å². The monoisotopic (exact) mass is 250 g/mol. The zero-order valence-electron chi connectivity index (χ0n) is 8.14. The fraction of sp³-hybridized carbons (Fsp3) is 0.333. The second-order valence-corrected chi connectivity index (χ2v) is 4.63. The maximum atomic E-state index is 11.5. The molecule has 1 aromatic rings. The van der Waals surface area contributed by atoms with Crippen LogP contribution in [0.1, 0.15) is 0 Å². The van der Waals surface area contributed by atoms with Crippen LogP contribution < -0.4 is 4.74 Å². The lowest BCUT2D eigenvalue weighted by molar-refractivity contribution is 0.340. The highest BCUT2D eigenvalue weighted by molar-refractivity contribution is 7.86. The molecule has 0 saturated carbocycles. The molecule has 0 aliphatic heterocycles. The molecule has 0 unspecified atom stereocenters. The van der Waals surface area contributed by atoms with Crippen molar-refractivity contribution < 1.29 is 17.3 Å². The molecule has 0 spiro atoms. The number of rotatable bonds is 5. The van der Waals surface area contributed by atoms with Gasteiger partial charge < -0.3 is 4.74 Å². The van der Waals surface area contributed by atoms with Gasteiger partial charge in [-0.2, -0.15) is 8.42 Å². The Morgan fingerprint density at radius 2 is 1.87 bits per heavy atom. The van der Waals surface area contributed by atoms with Gasteiger partial charge in [0.25, 0.3) is 10.1 Å². The van der Waals surface area contributed by atoms with E-state index >= 15 is 0 Å². The molecule has 0 saturated heterocycles. The maximum absolute atomic E-state index is 11.5. The lowest BCUT2D eigenvalue weighted by Crippen LogP contribution is -2.08. The standard InChI is InChI=1S/C9H11ClO4S/c1-13-8-2-4-9(5-3-8)15(11,12)14-7-6-10/h2-5H,6-7H2,1H3. The maximum Gasteiger partial charge on any atom is 0.297 e. The third-order valence-electron chi connectivity index (χ3n) is 1.66. The van der Waals surface area contributed by atoms with Crippen LogP contribution in [0.25, 0.3) is 0 Å². The number of benzene rings is 1. The highest BCUT2D eigenvalue weighted by Crippen LogP contribution is 2.17. The average Bonchev–Trinajstić information content (AvgIpc) is 2.26. The Morgan fingerprint density at radius 3 is 2.33 bits per heavy atom. The molecule has 0 aromatic heterocycles. The van der Waals surface area contributed by atoms with E-state index in [2.05, 4.69) is 4.18 Å². The highest BCUT2D eigenvalue weighted by Gasteiger charge is 2.14. The fourth-order valence-corrected chi connectivity index (χ4v) is 2.03. The molecule has 0 fully saturated rings. The van der Waals surface area contributed by atoms with Gasteiger partial charge in [0.05, 0.1) is 18.6 Å². The molecule has 0 N–H and O–H groups in total. The van der Waals surface area contributed by atoms with Crippen molar-refractivity contribution in [1.82, 2.24) is 0 Å². The molecule has 84 valence electrons. The van der Waals surface area contributed by atoms with E-state index in [1.165, 1.54) is 19.2 Å². The summed E-state index contributed by atoms with van der Waals surface area (Å²) in [5.41, 5.74) is 0. The van der Waals surface area contributed by atoms with Crippen LogP contribution in [0.15, 0.2) is 29.2 Å². The Hall–Kier alpha value is -0.780. The Kier molecular flexibility index (Phi) is 4.38. The second-order valence-electron chi connectivity index (χ2n) is 2.64. The van der Waals surface area contributed by atoms with Gasteiger partial charge in [-0.1, -0.05) is 0 Å². The molecule has 0 radical (unpaired) electrons. The van der Waals surface area contributed by atoms with Gasteiger partial charge in [0.2, 0.25) is 0 Å². The number of methoxy groups -OCH3 is 1. The molecule has 0 amide bonds. The fourth-order valence-electron chi connectivity index (χ4n) is 0.952. The lowest BCUT2D eigenvalue weighted by atomic mass is 10.3. The summed E-state index contributed by atoms with van der Waals surface area (Å²) in [6.07, 6.45) is 0. The van der Waals surface area contributed by atoms with Crippen molar-refractivity contribution >= 4 is 21.7 Å². The summed E-state index contributed by atoms with van der Waals surface area (Å²) in [6, 6.07) is 5.94. The average molecular weight is 251 g/mol. The van der Waals surface area contributed by atoms with Crippen molar-refractivity contribution in [3.63, 3.8) is 0 Å². The minimum atomic E-state index is -3.69. The van der Waals surface area contributed by atoms with Gasteiger partial charge >= 0.3 is 0 Å². The molecule has 0 aliphatic carbocycles. The SMILES string of the molecule is COc1ccc(S(=O)(=O)OCCCl)cc1. The Balaban J connectivity index is 2.86. The van der Waals surface area contributed by atoms with Gasteiger partial charge in [0, 0.05) is 5.88 Å². The van der Waals surface area contributed by atoms with Crippen LogP contribution in [-0.2, 0) is 14.3 Å². The summed E-state index contributed by atoms with van der Waals surface area (Å²) < 4.78 is 32.5. The molecule has 0 bridgehead atoms. The van der Waals surface area contributed by atoms with Crippen molar-refractivity contribution in [2.75, 3.05) is 19.6 Å². The second kappa shape index (κ2) is 5.34. The quantitative estimate of drug-likeness (QED) is 0.589. The minimum Gasteiger partial charge on any atom is -0.497 e. The van der Waals surface area contributed by atoms with E-state index in [1.807, 2.05) is 0 Å². The van der Waals surface area contributed by atoms with Crippen molar-refractivity contribution in [2.45, 2.75) is 4.90 Å². The van der Waals surface area contributed by atoms with Crippen LogP contribution in [0.2, 0.25) is 0 Å². The summed E-state index contributed by atoms with van der Waals surface area (Å²) in [7, 11) is -2.18. The van der Waals surface area contributed by atoms with Gasteiger partial charge in [-0.05, 0) is 24.3 Å². The third-order valence-corrected chi connectivity index (χ3v) is 3.14. The third kappa shape index (κ3) is 3.37. The van der Waals surface area contributed by atoms with Crippen LogP contribution in [0.5, 0.6) is 5.75 Å². The van der Waals surface area contributed by atoms with E-state index in [0.29, 0.717) is 5.75 Å². The van der Waals surface area contributed by atoms with E-state index in [4.69, 9.17) is 16.3 Å². The lowest BCUT2D eigenvalue weighted by Gasteiger charge is -2.04. The van der Waals surface area contributed by atoms with Crippen LogP contribution in [0.3, 0.4) is 0 Å².